The van der Waals surface area contributed by atoms with Gasteiger partial charge in [-0.1, -0.05) is 24.8 Å². The van der Waals surface area contributed by atoms with E-state index in [1.54, 1.807) is 36.2 Å². The number of fused-ring (bicyclic) bond motifs is 1. The molecule has 1 aromatic heterocycles. The fourth-order valence-corrected chi connectivity index (χ4v) is 4.99. The van der Waals surface area contributed by atoms with Crippen LogP contribution in [0.2, 0.25) is 0 Å². The van der Waals surface area contributed by atoms with E-state index in [1.165, 1.54) is 22.2 Å². The summed E-state index contributed by atoms with van der Waals surface area (Å²) >= 11 is 0. The minimum absolute atomic E-state index is 0.0689. The number of nitrogens with zero attached hydrogens (tertiary/aromatic N) is 4. The summed E-state index contributed by atoms with van der Waals surface area (Å²) in [5, 5.41) is 8.62. The first-order chi connectivity index (χ1) is 19.8. The van der Waals surface area contributed by atoms with Crippen LogP contribution in [0, 0.1) is 0 Å². The number of methoxy groups -OCH3 is 1. The molecule has 0 spiro atoms. The molecular formula is C28H36N6O7. The maximum Gasteiger partial charge on any atom is 0.407 e. The van der Waals surface area contributed by atoms with Crippen molar-refractivity contribution in [3.8, 4) is 5.75 Å². The van der Waals surface area contributed by atoms with Crippen LogP contribution in [0.15, 0.2) is 59.7 Å². The maximum absolute atomic E-state index is 13.7. The molecule has 2 unspecified atom stereocenters. The van der Waals surface area contributed by atoms with E-state index in [0.29, 0.717) is 17.9 Å². The van der Waals surface area contributed by atoms with E-state index in [1.807, 2.05) is 24.3 Å². The van der Waals surface area contributed by atoms with Crippen molar-refractivity contribution in [2.75, 3.05) is 40.4 Å². The summed E-state index contributed by atoms with van der Waals surface area (Å²) in [5.74, 6) is 0.793. The van der Waals surface area contributed by atoms with Crippen molar-refractivity contribution in [3.63, 3.8) is 0 Å². The van der Waals surface area contributed by atoms with Crippen LogP contribution in [0.4, 0.5) is 9.59 Å². The molecule has 2 fully saturated rings. The van der Waals surface area contributed by atoms with Crippen molar-refractivity contribution >= 4 is 23.9 Å². The molecule has 0 aliphatic carbocycles. The highest BCUT2D eigenvalue weighted by Crippen LogP contribution is 2.29. The normalized spacial score (nSPS) is 19.0. The third-order valence-corrected chi connectivity index (χ3v) is 6.93. The smallest absolute Gasteiger partial charge is 0.407 e. The lowest BCUT2D eigenvalue weighted by atomic mass is 10.0. The van der Waals surface area contributed by atoms with Crippen molar-refractivity contribution in [2.45, 2.75) is 38.1 Å². The van der Waals surface area contributed by atoms with E-state index in [2.05, 4.69) is 17.2 Å². The molecule has 1 aromatic carbocycles. The Bertz CT molecular complexity index is 1220. The number of hydrogen-bond donors (Lipinski definition) is 2. The molecule has 2 aromatic rings. The van der Waals surface area contributed by atoms with E-state index >= 15 is 0 Å². The zero-order valence-corrected chi connectivity index (χ0v) is 23.3. The number of furan rings is 1. The second kappa shape index (κ2) is 13.7. The fraction of sp³-hybridized carbons (Fsp3) is 0.429. The molecule has 41 heavy (non-hydrogen) atoms. The van der Waals surface area contributed by atoms with Gasteiger partial charge in [-0.3, -0.25) is 9.59 Å². The third kappa shape index (κ3) is 7.17. The van der Waals surface area contributed by atoms with E-state index in [9.17, 15) is 19.2 Å². The molecule has 2 atom stereocenters. The summed E-state index contributed by atoms with van der Waals surface area (Å²) in [4.78, 5) is 55.4. The van der Waals surface area contributed by atoms with Crippen molar-refractivity contribution in [3.05, 3.63) is 66.6 Å². The lowest BCUT2D eigenvalue weighted by molar-refractivity contribution is -0.188. The molecule has 220 valence electrons. The number of amides is 5. The number of benzene rings is 1. The van der Waals surface area contributed by atoms with Gasteiger partial charge in [0.1, 0.15) is 30.3 Å². The molecule has 2 aliphatic heterocycles. The zero-order valence-electron chi connectivity index (χ0n) is 23.3. The number of carbonyl (C=O) groups is 4. The predicted octanol–water partition coefficient (Wildman–Crippen LogP) is 1.92. The first-order valence-electron chi connectivity index (χ1n) is 13.4. The third-order valence-electron chi connectivity index (χ3n) is 6.93. The number of alkyl carbamates (subject to hydrolysis) is 1. The van der Waals surface area contributed by atoms with Crippen molar-refractivity contribution in [1.29, 1.82) is 0 Å². The number of nitrogens with one attached hydrogen (secondary N) is 2. The minimum atomic E-state index is -0.826. The summed E-state index contributed by atoms with van der Waals surface area (Å²) in [6.07, 6.45) is 2.35. The van der Waals surface area contributed by atoms with Gasteiger partial charge in [-0.2, -0.15) is 0 Å². The Balaban J connectivity index is 1.50. The average Bonchev–Trinajstić information content (AvgIpc) is 3.48. The zero-order chi connectivity index (χ0) is 29.4. The van der Waals surface area contributed by atoms with Gasteiger partial charge in [0.15, 0.2) is 0 Å². The van der Waals surface area contributed by atoms with Crippen LogP contribution in [-0.2, 0) is 27.4 Å². The van der Waals surface area contributed by atoms with E-state index in [-0.39, 0.29) is 57.6 Å². The summed E-state index contributed by atoms with van der Waals surface area (Å²) in [7, 11) is 3.26. The first kappa shape index (κ1) is 29.5. The number of ether oxygens (including phenoxy) is 2. The fourth-order valence-electron chi connectivity index (χ4n) is 4.99. The molecule has 2 N–H and O–H groups in total. The highest BCUT2D eigenvalue weighted by molar-refractivity contribution is 5.91. The van der Waals surface area contributed by atoms with E-state index < -0.39 is 24.3 Å². The second-order valence-electron chi connectivity index (χ2n) is 9.72. The van der Waals surface area contributed by atoms with Gasteiger partial charge in [-0.25, -0.2) is 19.6 Å². The Morgan fingerprint density at radius 2 is 1.95 bits per heavy atom. The molecule has 0 bridgehead atoms. The van der Waals surface area contributed by atoms with Gasteiger partial charge >= 0.3 is 12.1 Å². The SMILES string of the molecule is C=CCOC(=O)NCCCC1C(=O)N(Cc2ccco2)CC2N1C(=O)CN(C)N2C(=O)NCc1ccc(OC)cc1. The number of hydrogen-bond acceptors (Lipinski definition) is 8. The van der Waals surface area contributed by atoms with Crippen LogP contribution < -0.4 is 15.4 Å². The standard InChI is InChI=1S/C28H36N6O7/c1-4-14-41-28(38)29-13-5-8-23-26(36)32(17-22-7-6-15-40-22)18-24-33(23)25(35)19-31(2)34(24)27(37)30-16-20-9-11-21(39-3)12-10-20/h4,6-7,9-12,15,23-24H,1,5,8,13-14,16-19H2,2-3H3,(H,29,38)(H,30,37). The van der Waals surface area contributed by atoms with Gasteiger partial charge in [0.2, 0.25) is 11.8 Å². The Labute approximate surface area is 238 Å². The van der Waals surface area contributed by atoms with Crippen molar-refractivity contribution in [2.24, 2.45) is 0 Å². The molecule has 2 saturated heterocycles. The summed E-state index contributed by atoms with van der Waals surface area (Å²) in [6.45, 7) is 4.33. The second-order valence-corrected chi connectivity index (χ2v) is 9.72. The lowest BCUT2D eigenvalue weighted by Gasteiger charge is -2.54. The topological polar surface area (TPSA) is 137 Å². The van der Waals surface area contributed by atoms with E-state index in [4.69, 9.17) is 13.9 Å². The number of carbonyl (C=O) groups excluding carboxylic acids is 4. The van der Waals surface area contributed by atoms with Crippen LogP contribution >= 0.6 is 0 Å². The Hall–Kier alpha value is -4.52. The number of rotatable bonds is 11. The number of hydrazine groups is 1. The van der Waals surface area contributed by atoms with Crippen LogP contribution in [0.1, 0.15) is 24.2 Å². The Kier molecular flexibility index (Phi) is 9.85. The van der Waals surface area contributed by atoms with Gasteiger partial charge in [-0.15, -0.1) is 0 Å². The molecular weight excluding hydrogens is 532 g/mol. The van der Waals surface area contributed by atoms with Crippen LogP contribution in [0.3, 0.4) is 0 Å². The molecule has 4 rings (SSSR count). The molecule has 5 amide bonds. The maximum atomic E-state index is 13.7. The van der Waals surface area contributed by atoms with Crippen molar-refractivity contribution in [1.82, 2.24) is 30.5 Å². The average molecular weight is 569 g/mol. The summed E-state index contributed by atoms with van der Waals surface area (Å²) in [6, 6.07) is 9.62. The Morgan fingerprint density at radius 1 is 1.17 bits per heavy atom. The van der Waals surface area contributed by atoms with Gasteiger partial charge in [0, 0.05) is 20.1 Å². The largest absolute Gasteiger partial charge is 0.497 e. The van der Waals surface area contributed by atoms with Crippen LogP contribution in [0.25, 0.3) is 0 Å². The predicted molar refractivity (Wildman–Crippen MR) is 147 cm³/mol. The monoisotopic (exact) mass is 568 g/mol. The molecule has 3 heterocycles. The van der Waals surface area contributed by atoms with Gasteiger partial charge in [0.25, 0.3) is 0 Å². The minimum Gasteiger partial charge on any atom is -0.497 e. The van der Waals surface area contributed by atoms with E-state index in [0.717, 1.165) is 5.56 Å². The van der Waals surface area contributed by atoms with Crippen LogP contribution in [-0.4, -0.2) is 96.4 Å². The molecule has 0 radical (unpaired) electrons. The van der Waals surface area contributed by atoms with Crippen molar-refractivity contribution < 1.29 is 33.1 Å². The summed E-state index contributed by atoms with van der Waals surface area (Å²) < 4.78 is 15.6. The quantitative estimate of drug-likeness (QED) is 0.310. The number of urea groups is 1. The summed E-state index contributed by atoms with van der Waals surface area (Å²) in [5.41, 5.74) is 0.877. The van der Waals surface area contributed by atoms with Gasteiger partial charge < -0.3 is 34.3 Å². The highest BCUT2D eigenvalue weighted by atomic mass is 16.5. The Morgan fingerprint density at radius 3 is 2.63 bits per heavy atom. The van der Waals surface area contributed by atoms with Gasteiger partial charge in [-0.05, 0) is 42.7 Å². The highest BCUT2D eigenvalue weighted by Gasteiger charge is 2.50. The lowest BCUT2D eigenvalue weighted by Crippen LogP contribution is -2.75. The molecule has 2 aliphatic rings. The van der Waals surface area contributed by atoms with Crippen LogP contribution in [0.5, 0.6) is 5.75 Å². The number of likely N-dealkylation sites (N-methyl/N-ethyl adjacent to an activating group) is 1. The molecule has 0 saturated carbocycles. The van der Waals surface area contributed by atoms with Gasteiger partial charge in [0.05, 0.1) is 33.0 Å². The molecule has 13 heteroatoms. The number of piperazine rings is 1. The molecule has 13 nitrogen and oxygen atoms in total. The first-order valence-corrected chi connectivity index (χ1v) is 13.4.